The molecule has 1 aromatic carbocycles. The molecule has 3 aromatic rings. The van der Waals surface area contributed by atoms with Gasteiger partial charge in [-0.15, -0.1) is 0 Å². The minimum Gasteiger partial charge on any atom is -0.329 e. The molecule has 0 unspecified atom stereocenters. The Balaban J connectivity index is 1.96. The summed E-state index contributed by atoms with van der Waals surface area (Å²) in [7, 11) is 0. The van der Waals surface area contributed by atoms with Gasteiger partial charge in [-0.2, -0.15) is 10.2 Å². The Morgan fingerprint density at radius 2 is 1.96 bits per heavy atom. The van der Waals surface area contributed by atoms with Gasteiger partial charge in [0.1, 0.15) is 11.6 Å². The summed E-state index contributed by atoms with van der Waals surface area (Å²) in [6, 6.07) is 5.39. The van der Waals surface area contributed by atoms with Gasteiger partial charge < -0.3 is 4.57 Å². The standard InChI is InChI=1S/C17H15F3N4/c1-11-21-5-6-24(11)10-14-7-13(9-22-23-14)12-3-4-16(18)15(8-12)17(2,19)20/h3-9H,10H2,1-2H3. The maximum absolute atomic E-state index is 13.6. The van der Waals surface area contributed by atoms with Crippen LogP contribution in [0.25, 0.3) is 11.1 Å². The van der Waals surface area contributed by atoms with E-state index in [1.54, 1.807) is 12.3 Å². The third-order valence-corrected chi connectivity index (χ3v) is 3.73. The lowest BCUT2D eigenvalue weighted by Crippen LogP contribution is -2.10. The molecule has 0 radical (unpaired) electrons. The minimum absolute atomic E-state index is 0.463. The molecular formula is C17H15F3N4. The van der Waals surface area contributed by atoms with Crippen LogP contribution in [0.15, 0.2) is 42.9 Å². The molecule has 3 rings (SSSR count). The van der Waals surface area contributed by atoms with Crippen molar-refractivity contribution < 1.29 is 13.2 Å². The molecule has 0 aliphatic rings. The van der Waals surface area contributed by atoms with Gasteiger partial charge in [0, 0.05) is 24.9 Å². The summed E-state index contributed by atoms with van der Waals surface area (Å²) in [5, 5.41) is 7.97. The minimum atomic E-state index is -3.25. The monoisotopic (exact) mass is 332 g/mol. The molecule has 0 aliphatic carbocycles. The van der Waals surface area contributed by atoms with Crippen molar-refractivity contribution in [1.29, 1.82) is 0 Å². The Hall–Kier alpha value is -2.70. The summed E-state index contributed by atoms with van der Waals surface area (Å²) in [5.74, 6) is -3.35. The van der Waals surface area contributed by atoms with Gasteiger partial charge in [0.15, 0.2) is 0 Å². The molecule has 0 spiro atoms. The normalized spacial score (nSPS) is 11.7. The molecule has 2 heterocycles. The van der Waals surface area contributed by atoms with Gasteiger partial charge in [0.25, 0.3) is 5.92 Å². The summed E-state index contributed by atoms with van der Waals surface area (Å²) in [6.07, 6.45) is 4.97. The first-order valence-electron chi connectivity index (χ1n) is 7.32. The molecular weight excluding hydrogens is 317 g/mol. The van der Waals surface area contributed by atoms with E-state index >= 15 is 0 Å². The number of rotatable bonds is 4. The van der Waals surface area contributed by atoms with Crippen molar-refractivity contribution in [1.82, 2.24) is 19.7 Å². The highest BCUT2D eigenvalue weighted by atomic mass is 19.3. The number of aryl methyl sites for hydroxylation is 1. The van der Waals surface area contributed by atoms with Crippen LogP contribution in [0.1, 0.15) is 24.0 Å². The van der Waals surface area contributed by atoms with Gasteiger partial charge in [0.2, 0.25) is 0 Å². The van der Waals surface area contributed by atoms with E-state index in [0.717, 1.165) is 18.0 Å². The first kappa shape index (κ1) is 16.2. The second-order valence-corrected chi connectivity index (χ2v) is 5.62. The maximum Gasteiger partial charge on any atom is 0.273 e. The highest BCUT2D eigenvalue weighted by Gasteiger charge is 2.28. The molecule has 2 aromatic heterocycles. The van der Waals surface area contributed by atoms with Gasteiger partial charge in [-0.1, -0.05) is 6.07 Å². The number of benzene rings is 1. The van der Waals surface area contributed by atoms with E-state index < -0.39 is 17.3 Å². The van der Waals surface area contributed by atoms with Crippen LogP contribution in [0.5, 0.6) is 0 Å². The number of hydrogen-bond acceptors (Lipinski definition) is 3. The van der Waals surface area contributed by atoms with Crippen molar-refractivity contribution in [2.45, 2.75) is 26.3 Å². The van der Waals surface area contributed by atoms with Gasteiger partial charge in [-0.25, -0.2) is 18.2 Å². The Morgan fingerprint density at radius 3 is 2.62 bits per heavy atom. The van der Waals surface area contributed by atoms with Crippen molar-refractivity contribution in [3.63, 3.8) is 0 Å². The number of aromatic nitrogens is 4. The summed E-state index contributed by atoms with van der Waals surface area (Å²) in [5.41, 5.74) is 1.08. The largest absolute Gasteiger partial charge is 0.329 e. The number of alkyl halides is 2. The van der Waals surface area contributed by atoms with Crippen LogP contribution < -0.4 is 0 Å². The van der Waals surface area contributed by atoms with Gasteiger partial charge in [-0.05, 0) is 30.7 Å². The van der Waals surface area contributed by atoms with Crippen molar-refractivity contribution in [2.75, 3.05) is 0 Å². The lowest BCUT2D eigenvalue weighted by Gasteiger charge is -2.13. The average molecular weight is 332 g/mol. The molecule has 0 aliphatic heterocycles. The van der Waals surface area contributed by atoms with Crippen LogP contribution in [0.4, 0.5) is 13.2 Å². The molecule has 0 amide bonds. The van der Waals surface area contributed by atoms with E-state index in [1.807, 2.05) is 17.7 Å². The lowest BCUT2D eigenvalue weighted by molar-refractivity contribution is 0.0138. The molecule has 24 heavy (non-hydrogen) atoms. The van der Waals surface area contributed by atoms with E-state index in [9.17, 15) is 13.2 Å². The van der Waals surface area contributed by atoms with Crippen molar-refractivity contribution in [2.24, 2.45) is 0 Å². The van der Waals surface area contributed by atoms with Crippen LogP contribution in [0.3, 0.4) is 0 Å². The van der Waals surface area contributed by atoms with E-state index in [4.69, 9.17) is 0 Å². The van der Waals surface area contributed by atoms with Crippen molar-refractivity contribution >= 4 is 0 Å². The van der Waals surface area contributed by atoms with Crippen LogP contribution in [-0.2, 0) is 12.5 Å². The van der Waals surface area contributed by atoms with Crippen LogP contribution in [0.2, 0.25) is 0 Å². The fourth-order valence-corrected chi connectivity index (χ4v) is 2.43. The first-order valence-corrected chi connectivity index (χ1v) is 7.32. The predicted molar refractivity (Wildman–Crippen MR) is 83.1 cm³/mol. The molecule has 0 atom stereocenters. The van der Waals surface area contributed by atoms with E-state index in [-0.39, 0.29) is 0 Å². The topological polar surface area (TPSA) is 43.6 Å². The van der Waals surface area contributed by atoms with Crippen molar-refractivity contribution in [3.8, 4) is 11.1 Å². The highest BCUT2D eigenvalue weighted by Crippen LogP contribution is 2.32. The lowest BCUT2D eigenvalue weighted by atomic mass is 10.0. The maximum atomic E-state index is 13.6. The summed E-state index contributed by atoms with van der Waals surface area (Å²) >= 11 is 0. The molecule has 0 N–H and O–H groups in total. The molecule has 0 bridgehead atoms. The predicted octanol–water partition coefficient (Wildman–Crippen LogP) is 3.95. The fourth-order valence-electron chi connectivity index (χ4n) is 2.43. The third-order valence-electron chi connectivity index (χ3n) is 3.73. The number of nitrogens with zero attached hydrogens (tertiary/aromatic N) is 4. The van der Waals surface area contributed by atoms with Crippen molar-refractivity contribution in [3.05, 3.63) is 65.8 Å². The molecule has 124 valence electrons. The second-order valence-electron chi connectivity index (χ2n) is 5.62. The number of halogens is 3. The number of hydrogen-bond donors (Lipinski definition) is 0. The molecule has 4 nitrogen and oxygen atoms in total. The third kappa shape index (κ3) is 3.29. The molecule has 0 saturated carbocycles. The van der Waals surface area contributed by atoms with Crippen LogP contribution in [-0.4, -0.2) is 19.7 Å². The zero-order chi connectivity index (χ0) is 17.3. The van der Waals surface area contributed by atoms with E-state index in [2.05, 4.69) is 15.2 Å². The van der Waals surface area contributed by atoms with E-state index in [1.165, 1.54) is 12.3 Å². The Kier molecular flexibility index (Phi) is 4.09. The Morgan fingerprint density at radius 1 is 1.17 bits per heavy atom. The van der Waals surface area contributed by atoms with Gasteiger partial charge >= 0.3 is 0 Å². The van der Waals surface area contributed by atoms with Crippen LogP contribution >= 0.6 is 0 Å². The fraction of sp³-hybridized carbons (Fsp3) is 0.235. The van der Waals surface area contributed by atoms with Gasteiger partial charge in [-0.3, -0.25) is 0 Å². The average Bonchev–Trinajstić information content (AvgIpc) is 2.92. The SMILES string of the molecule is Cc1nccn1Cc1cc(-c2ccc(F)c(C(C)(F)F)c2)cnn1. The summed E-state index contributed by atoms with van der Waals surface area (Å²) < 4.78 is 42.5. The first-order chi connectivity index (χ1) is 11.3. The Bertz CT molecular complexity index is 868. The Labute approximate surface area is 137 Å². The quantitative estimate of drug-likeness (QED) is 0.727. The number of imidazole rings is 1. The molecule has 7 heteroatoms. The highest BCUT2D eigenvalue weighted by molar-refractivity contribution is 5.63. The molecule has 0 fully saturated rings. The zero-order valence-corrected chi connectivity index (χ0v) is 13.2. The molecule has 0 saturated heterocycles. The zero-order valence-electron chi connectivity index (χ0n) is 13.2. The van der Waals surface area contributed by atoms with E-state index in [0.29, 0.717) is 30.3 Å². The summed E-state index contributed by atoms with van der Waals surface area (Å²) in [4.78, 5) is 4.13. The van der Waals surface area contributed by atoms with Gasteiger partial charge in [0.05, 0.1) is 24.0 Å². The van der Waals surface area contributed by atoms with Crippen LogP contribution in [0, 0.1) is 12.7 Å². The summed E-state index contributed by atoms with van der Waals surface area (Å²) in [6.45, 7) is 3.00. The second kappa shape index (κ2) is 6.07. The smallest absolute Gasteiger partial charge is 0.273 e.